The molecule has 0 amide bonds. The quantitative estimate of drug-likeness (QED) is 0.548. The molecule has 0 N–H and O–H groups in total. The van der Waals surface area contributed by atoms with E-state index >= 15 is 0 Å². The van der Waals surface area contributed by atoms with Gasteiger partial charge in [-0.3, -0.25) is 0 Å². The first kappa shape index (κ1) is 20.8. The van der Waals surface area contributed by atoms with Crippen molar-refractivity contribution < 1.29 is 14.3 Å². The minimum atomic E-state index is 0.190. The summed E-state index contributed by atoms with van der Waals surface area (Å²) in [6.07, 6.45) is 4.41. The second-order valence-corrected chi connectivity index (χ2v) is 9.05. The van der Waals surface area contributed by atoms with Gasteiger partial charge in [0.1, 0.15) is 23.4 Å². The summed E-state index contributed by atoms with van der Waals surface area (Å²) >= 11 is 0. The predicted octanol–water partition coefficient (Wildman–Crippen LogP) is 5.52. The van der Waals surface area contributed by atoms with Gasteiger partial charge in [0.2, 0.25) is 0 Å². The van der Waals surface area contributed by atoms with Gasteiger partial charge in [0.05, 0.1) is 13.2 Å². The molecule has 1 aliphatic heterocycles. The number of hydrogen-bond acceptors (Lipinski definition) is 4. The Bertz CT molecular complexity index is 872. The van der Waals surface area contributed by atoms with Crippen molar-refractivity contribution in [2.75, 3.05) is 24.6 Å². The molecule has 4 heteroatoms. The Morgan fingerprint density at radius 1 is 1.10 bits per heavy atom. The fourth-order valence-corrected chi connectivity index (χ4v) is 4.23. The molecule has 1 saturated carbocycles. The van der Waals surface area contributed by atoms with Crippen molar-refractivity contribution in [3.63, 3.8) is 0 Å². The number of ketones is 1. The molecule has 1 heterocycles. The van der Waals surface area contributed by atoms with Gasteiger partial charge in [-0.15, -0.1) is 0 Å². The van der Waals surface area contributed by atoms with Gasteiger partial charge >= 0.3 is 0 Å². The minimum Gasteiger partial charge on any atom is -0.493 e. The summed E-state index contributed by atoms with van der Waals surface area (Å²) in [5, 5.41) is 0. The molecule has 4 rings (SSSR count). The van der Waals surface area contributed by atoms with E-state index in [1.165, 1.54) is 29.7 Å². The summed E-state index contributed by atoms with van der Waals surface area (Å²) in [6.45, 7) is 8.65. The molecule has 1 aliphatic carbocycles. The van der Waals surface area contributed by atoms with Crippen molar-refractivity contribution in [2.45, 2.75) is 58.5 Å². The van der Waals surface area contributed by atoms with E-state index in [1.807, 2.05) is 12.1 Å². The predicted molar refractivity (Wildman–Crippen MR) is 121 cm³/mol. The molecule has 2 aliphatic rings. The maximum atomic E-state index is 11.3. The highest BCUT2D eigenvalue weighted by Crippen LogP contribution is 2.32. The molecule has 160 valence electrons. The minimum absolute atomic E-state index is 0.190. The molecule has 30 heavy (non-hydrogen) atoms. The zero-order chi connectivity index (χ0) is 21.1. The fourth-order valence-electron chi connectivity index (χ4n) is 4.23. The maximum Gasteiger partial charge on any atom is 0.130 e. The van der Waals surface area contributed by atoms with E-state index in [-0.39, 0.29) is 17.8 Å². The molecule has 2 fully saturated rings. The van der Waals surface area contributed by atoms with Crippen LogP contribution < -0.4 is 14.4 Å². The van der Waals surface area contributed by atoms with Crippen molar-refractivity contribution in [3.8, 4) is 11.5 Å². The number of aryl methyl sites for hydroxylation is 1. The summed E-state index contributed by atoms with van der Waals surface area (Å²) in [6, 6.07) is 14.7. The Morgan fingerprint density at radius 3 is 2.50 bits per heavy atom. The van der Waals surface area contributed by atoms with Gasteiger partial charge in [-0.05, 0) is 80.0 Å². The van der Waals surface area contributed by atoms with Crippen LogP contribution in [0.3, 0.4) is 0 Å². The van der Waals surface area contributed by atoms with E-state index in [1.54, 1.807) is 6.92 Å². The Labute approximate surface area is 180 Å². The molecule has 0 spiro atoms. The van der Waals surface area contributed by atoms with Crippen LogP contribution in [0.4, 0.5) is 5.69 Å². The normalized spacial score (nSPS) is 19.6. The highest BCUT2D eigenvalue weighted by molar-refractivity contribution is 5.76. The van der Waals surface area contributed by atoms with Gasteiger partial charge < -0.3 is 19.2 Å². The van der Waals surface area contributed by atoms with E-state index in [0.717, 1.165) is 43.5 Å². The van der Waals surface area contributed by atoms with Gasteiger partial charge in [-0.2, -0.15) is 0 Å². The molecule has 2 atom stereocenters. The van der Waals surface area contributed by atoms with E-state index in [2.05, 4.69) is 49.1 Å². The van der Waals surface area contributed by atoms with Crippen LogP contribution in [0.15, 0.2) is 42.5 Å². The number of ether oxygens (including phenoxy) is 2. The average molecular weight is 408 g/mol. The van der Waals surface area contributed by atoms with E-state index in [4.69, 9.17) is 9.47 Å². The Balaban J connectivity index is 1.31. The Kier molecular flexibility index (Phi) is 6.31. The van der Waals surface area contributed by atoms with Crippen LogP contribution in [0.1, 0.15) is 56.6 Å². The van der Waals surface area contributed by atoms with E-state index < -0.39 is 0 Å². The van der Waals surface area contributed by atoms with Crippen LogP contribution >= 0.6 is 0 Å². The second-order valence-electron chi connectivity index (χ2n) is 9.05. The number of Topliss-reactive ketones (excluding diaryl/α,β-unsaturated/α-hetero) is 1. The molecule has 0 aromatic heterocycles. The molecule has 1 unspecified atom stereocenters. The van der Waals surface area contributed by atoms with Crippen molar-refractivity contribution >= 4 is 11.5 Å². The standard InChI is InChI=1S/C26H33NO3/c1-18(14-20(3)28)22-6-8-23(9-7-22)30-25-12-13-27(16-25)26-11-10-24(15-19(26)2)29-17-21-4-5-21/h6-11,15,18,21,25H,4-5,12-14,16-17H2,1-3H3/t18-,25?/m1/s1. The van der Waals surface area contributed by atoms with Crippen LogP contribution in [0.2, 0.25) is 0 Å². The van der Waals surface area contributed by atoms with Crippen LogP contribution in [-0.2, 0) is 4.79 Å². The lowest BCUT2D eigenvalue weighted by Crippen LogP contribution is -2.25. The monoisotopic (exact) mass is 407 g/mol. The molecular formula is C26H33NO3. The van der Waals surface area contributed by atoms with Crippen molar-refractivity contribution in [1.82, 2.24) is 0 Å². The van der Waals surface area contributed by atoms with Gasteiger partial charge in [-0.1, -0.05) is 19.1 Å². The SMILES string of the molecule is CC(=O)C[C@@H](C)c1ccc(OC2CCN(c3ccc(OCC4CC4)cc3C)C2)cc1. The molecule has 2 aromatic carbocycles. The van der Waals surface area contributed by atoms with E-state index in [0.29, 0.717) is 6.42 Å². The number of carbonyl (C=O) groups is 1. The van der Waals surface area contributed by atoms with Crippen molar-refractivity contribution in [2.24, 2.45) is 5.92 Å². The summed E-state index contributed by atoms with van der Waals surface area (Å²) in [7, 11) is 0. The van der Waals surface area contributed by atoms with Crippen LogP contribution in [0.25, 0.3) is 0 Å². The summed E-state index contributed by atoms with van der Waals surface area (Å²) < 4.78 is 12.2. The van der Waals surface area contributed by atoms with Crippen LogP contribution in [0, 0.1) is 12.8 Å². The second kappa shape index (κ2) is 9.11. The Hall–Kier alpha value is -2.49. The van der Waals surface area contributed by atoms with Crippen molar-refractivity contribution in [1.29, 1.82) is 0 Å². The third kappa shape index (κ3) is 5.35. The summed E-state index contributed by atoms with van der Waals surface area (Å²) in [5.74, 6) is 3.13. The highest BCUT2D eigenvalue weighted by Gasteiger charge is 2.26. The van der Waals surface area contributed by atoms with Gasteiger partial charge in [0.15, 0.2) is 0 Å². The number of hydrogen-bond donors (Lipinski definition) is 0. The third-order valence-corrected chi connectivity index (χ3v) is 6.18. The maximum absolute atomic E-state index is 11.3. The number of rotatable bonds is 9. The van der Waals surface area contributed by atoms with Crippen LogP contribution in [0.5, 0.6) is 11.5 Å². The van der Waals surface area contributed by atoms with Gasteiger partial charge in [0, 0.05) is 25.1 Å². The molecule has 4 nitrogen and oxygen atoms in total. The third-order valence-electron chi connectivity index (χ3n) is 6.18. The molecule has 0 bridgehead atoms. The van der Waals surface area contributed by atoms with Crippen molar-refractivity contribution in [3.05, 3.63) is 53.6 Å². The molecule has 1 saturated heterocycles. The largest absolute Gasteiger partial charge is 0.493 e. The summed E-state index contributed by atoms with van der Waals surface area (Å²) in [5.41, 5.74) is 3.71. The highest BCUT2D eigenvalue weighted by atomic mass is 16.5. The zero-order valence-electron chi connectivity index (χ0n) is 18.4. The van der Waals surface area contributed by atoms with E-state index in [9.17, 15) is 4.79 Å². The zero-order valence-corrected chi connectivity index (χ0v) is 18.4. The molecule has 2 aromatic rings. The summed E-state index contributed by atoms with van der Waals surface area (Å²) in [4.78, 5) is 13.8. The van der Waals surface area contributed by atoms with Gasteiger partial charge in [0.25, 0.3) is 0 Å². The molecule has 0 radical (unpaired) electrons. The lowest BCUT2D eigenvalue weighted by Gasteiger charge is -2.22. The number of benzene rings is 2. The van der Waals surface area contributed by atoms with Crippen LogP contribution in [-0.4, -0.2) is 31.6 Å². The number of anilines is 1. The smallest absolute Gasteiger partial charge is 0.130 e. The van der Waals surface area contributed by atoms with Gasteiger partial charge in [-0.25, -0.2) is 0 Å². The number of carbonyl (C=O) groups excluding carboxylic acids is 1. The fraction of sp³-hybridized carbons (Fsp3) is 0.500. The topological polar surface area (TPSA) is 38.8 Å². The first-order chi connectivity index (χ1) is 14.5. The first-order valence-electron chi connectivity index (χ1n) is 11.2. The average Bonchev–Trinajstić information content (AvgIpc) is 3.44. The first-order valence-corrected chi connectivity index (χ1v) is 11.2. The molecular weight excluding hydrogens is 374 g/mol. The lowest BCUT2D eigenvalue weighted by molar-refractivity contribution is -0.117. The number of nitrogens with zero attached hydrogens (tertiary/aromatic N) is 1. The Morgan fingerprint density at radius 2 is 1.83 bits per heavy atom. The lowest BCUT2D eigenvalue weighted by atomic mass is 9.96.